The van der Waals surface area contributed by atoms with Crippen LogP contribution in [0.15, 0.2) is 43.0 Å². The molecular formula is C18H20ClN3O2. The molecule has 5 nitrogen and oxygen atoms in total. The van der Waals surface area contributed by atoms with Gasteiger partial charge in [0.1, 0.15) is 5.75 Å². The molecule has 0 unspecified atom stereocenters. The van der Waals surface area contributed by atoms with E-state index in [4.69, 9.17) is 21.1 Å². The van der Waals surface area contributed by atoms with Crippen LogP contribution in [0.2, 0.25) is 5.02 Å². The van der Waals surface area contributed by atoms with Crippen molar-refractivity contribution in [3.63, 3.8) is 0 Å². The number of ether oxygens (including phenoxy) is 2. The Morgan fingerprint density at radius 2 is 2.21 bits per heavy atom. The van der Waals surface area contributed by atoms with Crippen molar-refractivity contribution in [2.75, 3.05) is 26.3 Å². The van der Waals surface area contributed by atoms with Crippen molar-refractivity contribution in [3.05, 3.63) is 53.6 Å². The van der Waals surface area contributed by atoms with Crippen molar-refractivity contribution in [2.24, 2.45) is 11.8 Å². The van der Waals surface area contributed by atoms with E-state index < -0.39 is 0 Å². The van der Waals surface area contributed by atoms with Crippen LogP contribution in [0, 0.1) is 11.8 Å². The number of fused-ring (bicyclic) bond motifs is 1. The van der Waals surface area contributed by atoms with E-state index in [-0.39, 0.29) is 0 Å². The van der Waals surface area contributed by atoms with Crippen molar-refractivity contribution in [2.45, 2.75) is 12.6 Å². The fourth-order valence-electron chi connectivity index (χ4n) is 3.61. The lowest BCUT2D eigenvalue weighted by molar-refractivity contribution is 0.0897. The van der Waals surface area contributed by atoms with Gasteiger partial charge < -0.3 is 9.47 Å². The van der Waals surface area contributed by atoms with Crippen LogP contribution in [0.4, 0.5) is 0 Å². The first-order chi connectivity index (χ1) is 11.8. The van der Waals surface area contributed by atoms with Crippen LogP contribution in [0.25, 0.3) is 0 Å². The monoisotopic (exact) mass is 345 g/mol. The molecule has 2 aliphatic heterocycles. The lowest BCUT2D eigenvalue weighted by Crippen LogP contribution is -2.26. The van der Waals surface area contributed by atoms with Gasteiger partial charge in [-0.15, -0.1) is 0 Å². The third-order valence-corrected chi connectivity index (χ3v) is 4.99. The molecule has 2 aromatic rings. The number of nitrogens with zero attached hydrogens (tertiary/aromatic N) is 3. The number of hydrogen-bond acceptors (Lipinski definition) is 5. The summed E-state index contributed by atoms with van der Waals surface area (Å²) in [5.41, 5.74) is 1.25. The minimum Gasteiger partial charge on any atom is -0.492 e. The van der Waals surface area contributed by atoms with E-state index in [1.54, 1.807) is 18.5 Å². The molecule has 2 aliphatic rings. The van der Waals surface area contributed by atoms with Crippen molar-refractivity contribution in [3.8, 4) is 5.75 Å². The number of hydrogen-bond donors (Lipinski definition) is 0. The van der Waals surface area contributed by atoms with Gasteiger partial charge in [-0.1, -0.05) is 17.7 Å². The van der Waals surface area contributed by atoms with E-state index >= 15 is 0 Å². The lowest BCUT2D eigenvalue weighted by Gasteiger charge is -2.19. The smallest absolute Gasteiger partial charge is 0.139 e. The van der Waals surface area contributed by atoms with E-state index in [1.165, 1.54) is 5.56 Å². The lowest BCUT2D eigenvalue weighted by atomic mass is 9.94. The summed E-state index contributed by atoms with van der Waals surface area (Å²) < 4.78 is 11.9. The minimum absolute atomic E-state index is 0.313. The topological polar surface area (TPSA) is 47.5 Å². The first-order valence-corrected chi connectivity index (χ1v) is 8.62. The Hall–Kier alpha value is -1.69. The number of pyridine rings is 2. The summed E-state index contributed by atoms with van der Waals surface area (Å²) in [5, 5.41) is 0.594. The molecule has 0 N–H and O–H groups in total. The zero-order valence-corrected chi connectivity index (χ0v) is 14.1. The van der Waals surface area contributed by atoms with E-state index in [0.717, 1.165) is 32.0 Å². The van der Waals surface area contributed by atoms with Gasteiger partial charge in [0.05, 0.1) is 30.5 Å². The largest absolute Gasteiger partial charge is 0.492 e. The summed E-state index contributed by atoms with van der Waals surface area (Å²) in [6, 6.07) is 5.90. The molecule has 0 amide bonds. The zero-order chi connectivity index (χ0) is 16.4. The Balaban J connectivity index is 1.33. The van der Waals surface area contributed by atoms with Gasteiger partial charge >= 0.3 is 0 Å². The normalized spacial score (nSPS) is 26.5. The predicted octanol–water partition coefficient (Wildman–Crippen LogP) is 2.66. The Labute approximate surface area is 146 Å². The highest BCUT2D eigenvalue weighted by Crippen LogP contribution is 2.34. The van der Waals surface area contributed by atoms with Crippen LogP contribution in [0.1, 0.15) is 5.56 Å². The molecule has 4 heterocycles. The molecule has 0 aromatic carbocycles. The van der Waals surface area contributed by atoms with Gasteiger partial charge in [-0.05, 0) is 11.6 Å². The van der Waals surface area contributed by atoms with Gasteiger partial charge in [0.15, 0.2) is 0 Å². The highest BCUT2D eigenvalue weighted by molar-refractivity contribution is 6.30. The maximum absolute atomic E-state index is 5.99. The summed E-state index contributed by atoms with van der Waals surface area (Å²) in [7, 11) is 0. The average molecular weight is 346 g/mol. The van der Waals surface area contributed by atoms with E-state index in [0.29, 0.717) is 29.6 Å². The summed E-state index contributed by atoms with van der Waals surface area (Å²) >= 11 is 5.95. The van der Waals surface area contributed by atoms with Gasteiger partial charge in [0, 0.05) is 56.1 Å². The van der Waals surface area contributed by atoms with Crippen LogP contribution in [-0.2, 0) is 11.3 Å². The highest BCUT2D eigenvalue weighted by atomic mass is 35.5. The van der Waals surface area contributed by atoms with Gasteiger partial charge in [-0.25, -0.2) is 0 Å². The van der Waals surface area contributed by atoms with Crippen LogP contribution in [0.5, 0.6) is 5.75 Å². The number of halogens is 1. The summed E-state index contributed by atoms with van der Waals surface area (Å²) in [5.74, 6) is 1.65. The number of rotatable bonds is 5. The fraction of sp³-hybridized carbons (Fsp3) is 0.444. The van der Waals surface area contributed by atoms with Gasteiger partial charge in [-0.2, -0.15) is 0 Å². The van der Waals surface area contributed by atoms with Crippen molar-refractivity contribution in [1.29, 1.82) is 0 Å². The Morgan fingerprint density at radius 1 is 1.25 bits per heavy atom. The van der Waals surface area contributed by atoms with E-state index in [9.17, 15) is 0 Å². The second kappa shape index (κ2) is 7.05. The average Bonchev–Trinajstić information content (AvgIpc) is 3.14. The molecule has 126 valence electrons. The van der Waals surface area contributed by atoms with E-state index in [1.807, 2.05) is 18.5 Å². The maximum atomic E-state index is 5.99. The first-order valence-electron chi connectivity index (χ1n) is 8.24. The SMILES string of the molecule is Clc1cncc(OC[C@@H]2CO[C@@H]3CN(Cc4cccnc4)C[C@H]23)c1. The molecule has 6 heteroatoms. The number of likely N-dealkylation sites (tertiary alicyclic amines) is 1. The zero-order valence-electron chi connectivity index (χ0n) is 13.3. The molecular weight excluding hydrogens is 326 g/mol. The van der Waals surface area contributed by atoms with Gasteiger partial charge in [0.25, 0.3) is 0 Å². The molecule has 2 saturated heterocycles. The second-order valence-corrected chi connectivity index (χ2v) is 6.94. The van der Waals surface area contributed by atoms with Crippen LogP contribution < -0.4 is 4.74 Å². The highest BCUT2D eigenvalue weighted by Gasteiger charge is 2.43. The van der Waals surface area contributed by atoms with Gasteiger partial charge in [0.2, 0.25) is 0 Å². The number of aromatic nitrogens is 2. The summed E-state index contributed by atoms with van der Waals surface area (Å²) in [6.45, 7) is 4.36. The first kappa shape index (κ1) is 15.8. The van der Waals surface area contributed by atoms with Crippen molar-refractivity contribution >= 4 is 11.6 Å². The Bertz CT molecular complexity index is 685. The van der Waals surface area contributed by atoms with Crippen LogP contribution in [-0.4, -0.2) is 47.3 Å². The van der Waals surface area contributed by atoms with Crippen LogP contribution >= 0.6 is 11.6 Å². The molecule has 0 radical (unpaired) electrons. The van der Waals surface area contributed by atoms with Crippen molar-refractivity contribution < 1.29 is 9.47 Å². The standard InChI is InChI=1S/C18H20ClN3O2/c19-15-4-16(7-21-6-15)23-11-14-12-24-18-10-22(9-17(14)18)8-13-2-1-3-20-5-13/h1-7,14,17-18H,8-12H2/t14-,17-,18-/m1/s1. The maximum Gasteiger partial charge on any atom is 0.139 e. The molecule has 0 aliphatic carbocycles. The molecule has 2 fully saturated rings. The molecule has 0 saturated carbocycles. The van der Waals surface area contributed by atoms with Gasteiger partial charge in [-0.3, -0.25) is 14.9 Å². The van der Waals surface area contributed by atoms with Crippen LogP contribution in [0.3, 0.4) is 0 Å². The summed E-state index contributed by atoms with van der Waals surface area (Å²) in [6.07, 6.45) is 7.36. The second-order valence-electron chi connectivity index (χ2n) is 6.50. The molecule has 0 spiro atoms. The minimum atomic E-state index is 0.313. The molecule has 24 heavy (non-hydrogen) atoms. The molecule has 0 bridgehead atoms. The molecule has 2 aromatic heterocycles. The summed E-state index contributed by atoms with van der Waals surface area (Å²) in [4.78, 5) is 10.7. The van der Waals surface area contributed by atoms with Crippen molar-refractivity contribution in [1.82, 2.24) is 14.9 Å². The predicted molar refractivity (Wildman–Crippen MR) is 91.0 cm³/mol. The Morgan fingerprint density at radius 3 is 3.04 bits per heavy atom. The quantitative estimate of drug-likeness (QED) is 0.833. The third kappa shape index (κ3) is 3.53. The molecule has 4 rings (SSSR count). The molecule has 3 atom stereocenters. The van der Waals surface area contributed by atoms with E-state index in [2.05, 4.69) is 20.9 Å². The fourth-order valence-corrected chi connectivity index (χ4v) is 3.77. The Kier molecular flexibility index (Phi) is 4.65. The third-order valence-electron chi connectivity index (χ3n) is 4.79.